The number of amides is 3. The second-order valence-electron chi connectivity index (χ2n) is 4.70. The van der Waals surface area contributed by atoms with Gasteiger partial charge in [0, 0.05) is 39.1 Å². The Morgan fingerprint density at radius 3 is 2.63 bits per heavy atom. The first kappa shape index (κ1) is 13.6. The van der Waals surface area contributed by atoms with Gasteiger partial charge in [0.25, 0.3) is 0 Å². The van der Waals surface area contributed by atoms with E-state index in [2.05, 4.69) is 10.6 Å². The number of carbonyl (C=O) groups is 3. The Bertz CT molecular complexity index is 392. The first-order chi connectivity index (χ1) is 9.03. The molecule has 106 valence electrons. The molecular formula is C11H17N3O5. The molecule has 2 rings (SSSR count). The highest BCUT2D eigenvalue weighted by molar-refractivity contribution is 5.89. The van der Waals surface area contributed by atoms with Crippen molar-refractivity contribution in [3.63, 3.8) is 0 Å². The Morgan fingerprint density at radius 2 is 2.05 bits per heavy atom. The van der Waals surface area contributed by atoms with Crippen LogP contribution in [-0.4, -0.2) is 66.3 Å². The summed E-state index contributed by atoms with van der Waals surface area (Å²) in [4.78, 5) is 36.0. The van der Waals surface area contributed by atoms with Crippen molar-refractivity contribution in [1.82, 2.24) is 15.5 Å². The number of nitrogens with zero attached hydrogens (tertiary/aromatic N) is 1. The van der Waals surface area contributed by atoms with Crippen molar-refractivity contribution in [2.45, 2.75) is 18.4 Å². The van der Waals surface area contributed by atoms with Gasteiger partial charge >= 0.3 is 12.0 Å². The van der Waals surface area contributed by atoms with Crippen molar-refractivity contribution in [2.24, 2.45) is 0 Å². The lowest BCUT2D eigenvalue weighted by Crippen LogP contribution is -2.62. The Morgan fingerprint density at radius 1 is 1.37 bits per heavy atom. The number of rotatable bonds is 2. The summed E-state index contributed by atoms with van der Waals surface area (Å²) < 4.78 is 5.13. The number of carboxylic acid groups (broad SMARTS) is 1. The van der Waals surface area contributed by atoms with Gasteiger partial charge in [-0.05, 0) is 0 Å². The molecule has 0 bridgehead atoms. The highest BCUT2D eigenvalue weighted by Crippen LogP contribution is 2.21. The Labute approximate surface area is 110 Å². The van der Waals surface area contributed by atoms with Gasteiger partial charge < -0.3 is 25.4 Å². The van der Waals surface area contributed by atoms with Gasteiger partial charge in [-0.1, -0.05) is 0 Å². The fourth-order valence-electron chi connectivity index (χ4n) is 2.21. The summed E-state index contributed by atoms with van der Waals surface area (Å²) in [6.07, 6.45) is 0.461. The van der Waals surface area contributed by atoms with Crippen LogP contribution in [0.3, 0.4) is 0 Å². The van der Waals surface area contributed by atoms with Crippen LogP contribution in [0.15, 0.2) is 0 Å². The van der Waals surface area contributed by atoms with E-state index < -0.39 is 17.5 Å². The van der Waals surface area contributed by atoms with E-state index in [0.717, 1.165) is 0 Å². The third-order valence-electron chi connectivity index (χ3n) is 3.43. The van der Waals surface area contributed by atoms with Crippen LogP contribution in [0.5, 0.6) is 0 Å². The summed E-state index contributed by atoms with van der Waals surface area (Å²) in [5.41, 5.74) is -1.29. The van der Waals surface area contributed by atoms with E-state index in [4.69, 9.17) is 4.74 Å². The lowest BCUT2D eigenvalue weighted by atomic mass is 9.90. The summed E-state index contributed by atoms with van der Waals surface area (Å²) in [6.45, 7) is 1.32. The number of hydrogen-bond donors (Lipinski definition) is 3. The third-order valence-corrected chi connectivity index (χ3v) is 3.43. The summed E-state index contributed by atoms with van der Waals surface area (Å²) in [5.74, 6) is -1.30. The van der Waals surface area contributed by atoms with Crippen LogP contribution in [0.1, 0.15) is 12.8 Å². The van der Waals surface area contributed by atoms with Crippen LogP contribution in [0.2, 0.25) is 0 Å². The summed E-state index contributed by atoms with van der Waals surface area (Å²) >= 11 is 0. The molecule has 3 N–H and O–H groups in total. The molecule has 0 aromatic rings. The number of carboxylic acids is 1. The smallest absolute Gasteiger partial charge is 0.329 e. The molecule has 0 aliphatic carbocycles. The Balaban J connectivity index is 2.02. The number of ether oxygens (including phenoxy) is 1. The standard InChI is InChI=1S/C11H17N3O5/c15-8-7-14(4-3-12-8)10(18)13-11(9(16)17)1-5-19-6-2-11/h1-7H2,(H,12,15)(H,13,18)(H,16,17). The van der Waals surface area contributed by atoms with Gasteiger partial charge in [0.15, 0.2) is 0 Å². The van der Waals surface area contributed by atoms with E-state index in [1.807, 2.05) is 0 Å². The van der Waals surface area contributed by atoms with Gasteiger partial charge in [0.05, 0.1) is 0 Å². The van der Waals surface area contributed by atoms with Crippen LogP contribution >= 0.6 is 0 Å². The lowest BCUT2D eigenvalue weighted by Gasteiger charge is -2.36. The summed E-state index contributed by atoms with van der Waals surface area (Å²) in [6, 6.07) is -0.515. The average molecular weight is 271 g/mol. The first-order valence-electron chi connectivity index (χ1n) is 6.18. The van der Waals surface area contributed by atoms with Crippen molar-refractivity contribution in [3.8, 4) is 0 Å². The van der Waals surface area contributed by atoms with Crippen LogP contribution in [0.4, 0.5) is 4.79 Å². The SMILES string of the molecule is O=C1CN(C(=O)NC2(C(=O)O)CCOCC2)CCN1. The van der Waals surface area contributed by atoms with Crippen molar-refractivity contribution in [3.05, 3.63) is 0 Å². The van der Waals surface area contributed by atoms with Crippen molar-refractivity contribution in [1.29, 1.82) is 0 Å². The van der Waals surface area contributed by atoms with Crippen LogP contribution in [0, 0.1) is 0 Å². The molecule has 3 amide bonds. The van der Waals surface area contributed by atoms with Gasteiger partial charge in [-0.25, -0.2) is 9.59 Å². The minimum absolute atomic E-state index is 0.0436. The summed E-state index contributed by atoms with van der Waals surface area (Å²) in [7, 11) is 0. The van der Waals surface area contributed by atoms with Gasteiger partial charge in [-0.3, -0.25) is 4.79 Å². The topological polar surface area (TPSA) is 108 Å². The number of urea groups is 1. The van der Waals surface area contributed by atoms with Gasteiger partial charge in [0.1, 0.15) is 12.1 Å². The summed E-state index contributed by atoms with van der Waals surface area (Å²) in [5, 5.41) is 14.5. The molecule has 0 radical (unpaired) electrons. The van der Waals surface area contributed by atoms with Crippen molar-refractivity contribution < 1.29 is 24.2 Å². The normalized spacial score (nSPS) is 22.5. The monoisotopic (exact) mass is 271 g/mol. The zero-order valence-corrected chi connectivity index (χ0v) is 10.5. The molecule has 2 aliphatic rings. The molecule has 0 aromatic heterocycles. The van der Waals surface area contributed by atoms with Gasteiger partial charge in [-0.15, -0.1) is 0 Å². The third kappa shape index (κ3) is 2.95. The molecule has 2 fully saturated rings. The van der Waals surface area contributed by atoms with E-state index in [1.165, 1.54) is 4.90 Å². The van der Waals surface area contributed by atoms with E-state index in [1.54, 1.807) is 0 Å². The zero-order chi connectivity index (χ0) is 13.9. The number of piperazine rings is 1. The van der Waals surface area contributed by atoms with E-state index in [-0.39, 0.29) is 25.3 Å². The zero-order valence-electron chi connectivity index (χ0n) is 10.5. The minimum Gasteiger partial charge on any atom is -0.480 e. The minimum atomic E-state index is -1.29. The second kappa shape index (κ2) is 5.43. The Hall–Kier alpha value is -1.83. The molecule has 19 heavy (non-hydrogen) atoms. The largest absolute Gasteiger partial charge is 0.480 e. The molecule has 0 aromatic carbocycles. The number of nitrogens with one attached hydrogen (secondary N) is 2. The molecule has 2 heterocycles. The predicted molar refractivity (Wildman–Crippen MR) is 63.5 cm³/mol. The van der Waals surface area contributed by atoms with Crippen molar-refractivity contribution >= 4 is 17.9 Å². The molecule has 0 saturated carbocycles. The molecule has 8 nitrogen and oxygen atoms in total. The number of carbonyl (C=O) groups excluding carboxylic acids is 2. The molecule has 0 spiro atoms. The fraction of sp³-hybridized carbons (Fsp3) is 0.727. The van der Waals surface area contributed by atoms with Crippen molar-refractivity contribution in [2.75, 3.05) is 32.8 Å². The first-order valence-corrected chi connectivity index (χ1v) is 6.18. The molecule has 8 heteroatoms. The lowest BCUT2D eigenvalue weighted by molar-refractivity contribution is -0.148. The predicted octanol–water partition coefficient (Wildman–Crippen LogP) is -1.24. The van der Waals surface area contributed by atoms with Gasteiger partial charge in [0.2, 0.25) is 5.91 Å². The molecule has 0 atom stereocenters. The average Bonchev–Trinajstić information content (AvgIpc) is 2.39. The van der Waals surface area contributed by atoms with E-state index in [9.17, 15) is 19.5 Å². The molecular weight excluding hydrogens is 254 g/mol. The fourth-order valence-corrected chi connectivity index (χ4v) is 2.21. The maximum Gasteiger partial charge on any atom is 0.329 e. The van der Waals surface area contributed by atoms with Crippen LogP contribution < -0.4 is 10.6 Å². The van der Waals surface area contributed by atoms with E-state index in [0.29, 0.717) is 26.3 Å². The van der Waals surface area contributed by atoms with E-state index >= 15 is 0 Å². The number of aliphatic carboxylic acids is 1. The highest BCUT2D eigenvalue weighted by Gasteiger charge is 2.42. The Kier molecular flexibility index (Phi) is 3.89. The maximum atomic E-state index is 12.1. The number of hydrogen-bond acceptors (Lipinski definition) is 4. The molecule has 2 saturated heterocycles. The maximum absolute atomic E-state index is 12.1. The quantitative estimate of drug-likeness (QED) is 0.582. The van der Waals surface area contributed by atoms with Gasteiger partial charge in [-0.2, -0.15) is 0 Å². The van der Waals surface area contributed by atoms with Crippen LogP contribution in [0.25, 0.3) is 0 Å². The highest BCUT2D eigenvalue weighted by atomic mass is 16.5. The van der Waals surface area contributed by atoms with Crippen LogP contribution in [-0.2, 0) is 14.3 Å². The second-order valence-corrected chi connectivity index (χ2v) is 4.70. The molecule has 0 unspecified atom stereocenters. The molecule has 2 aliphatic heterocycles.